The third-order valence-corrected chi connectivity index (χ3v) is 1.72. The van der Waals surface area contributed by atoms with Crippen molar-refractivity contribution in [1.82, 2.24) is 0 Å². The van der Waals surface area contributed by atoms with Gasteiger partial charge in [-0.05, 0) is 6.07 Å². The van der Waals surface area contributed by atoms with Crippen molar-refractivity contribution in [2.75, 3.05) is 5.32 Å². The number of amides is 1. The highest BCUT2D eigenvalue weighted by Gasteiger charge is 2.22. The first-order valence-electron chi connectivity index (χ1n) is 4.06. The Kier molecular flexibility index (Phi) is 3.07. The first-order valence-corrected chi connectivity index (χ1v) is 4.06. The monoisotopic (exact) mass is 231 g/mol. The van der Waals surface area contributed by atoms with Crippen molar-refractivity contribution in [2.24, 2.45) is 0 Å². The number of benzene rings is 1. The summed E-state index contributed by atoms with van der Waals surface area (Å²) in [7, 11) is 0. The van der Waals surface area contributed by atoms with Gasteiger partial charge in [0.25, 0.3) is 0 Å². The number of phenols is 1. The summed E-state index contributed by atoms with van der Waals surface area (Å²) < 4.78 is 26.2. The number of aromatic hydroxyl groups is 1. The lowest BCUT2D eigenvalue weighted by atomic mass is 10.1. The van der Waals surface area contributed by atoms with Crippen LogP contribution in [0.25, 0.3) is 0 Å². The summed E-state index contributed by atoms with van der Waals surface area (Å²) in [6.45, 7) is 1.06. The minimum atomic E-state index is -1.68. The molecule has 0 unspecified atom stereocenters. The van der Waals surface area contributed by atoms with Crippen molar-refractivity contribution < 1.29 is 28.6 Å². The zero-order valence-corrected chi connectivity index (χ0v) is 8.04. The number of carboxylic acid groups (broad SMARTS) is 1. The van der Waals surface area contributed by atoms with Gasteiger partial charge >= 0.3 is 5.97 Å². The van der Waals surface area contributed by atoms with Crippen LogP contribution in [0, 0.1) is 11.6 Å². The van der Waals surface area contributed by atoms with E-state index in [-0.39, 0.29) is 0 Å². The number of aromatic carboxylic acids is 1. The van der Waals surface area contributed by atoms with E-state index in [4.69, 9.17) is 10.2 Å². The van der Waals surface area contributed by atoms with Crippen LogP contribution in [0.2, 0.25) is 0 Å². The molecule has 0 spiro atoms. The molecule has 0 aliphatic heterocycles. The van der Waals surface area contributed by atoms with Crippen LogP contribution in [0.5, 0.6) is 5.75 Å². The first kappa shape index (κ1) is 11.9. The van der Waals surface area contributed by atoms with Crippen LogP contribution < -0.4 is 5.32 Å². The summed E-state index contributed by atoms with van der Waals surface area (Å²) >= 11 is 0. The van der Waals surface area contributed by atoms with Crippen molar-refractivity contribution in [3.05, 3.63) is 23.3 Å². The number of phenolic OH excluding ortho intramolecular Hbond substituents is 1. The zero-order chi connectivity index (χ0) is 12.5. The van der Waals surface area contributed by atoms with Gasteiger partial charge in [0.15, 0.2) is 17.4 Å². The molecule has 0 saturated heterocycles. The lowest BCUT2D eigenvalue weighted by Crippen LogP contribution is -2.10. The van der Waals surface area contributed by atoms with Crippen molar-refractivity contribution >= 4 is 17.6 Å². The highest BCUT2D eigenvalue weighted by molar-refractivity contribution is 5.94. The molecule has 1 aromatic carbocycles. The predicted molar refractivity (Wildman–Crippen MR) is 49.3 cm³/mol. The van der Waals surface area contributed by atoms with Crippen LogP contribution in [0.15, 0.2) is 6.07 Å². The van der Waals surface area contributed by atoms with E-state index in [1.807, 2.05) is 5.32 Å². The number of carbonyl (C=O) groups excluding carboxylic acids is 1. The highest BCUT2D eigenvalue weighted by Crippen LogP contribution is 2.29. The Bertz CT molecular complexity index is 473. The standard InChI is InChI=1S/C9H7F2NO4/c1-3(13)12-5-2-4(9(15)16)6(10)8(14)7(5)11/h2,14H,1H3,(H,12,13)(H,15,16). The summed E-state index contributed by atoms with van der Waals surface area (Å²) in [5, 5.41) is 19.5. The normalized spacial score (nSPS) is 9.94. The van der Waals surface area contributed by atoms with Crippen LogP contribution in [-0.2, 0) is 4.79 Å². The van der Waals surface area contributed by atoms with Crippen LogP contribution in [0.4, 0.5) is 14.5 Å². The molecule has 7 heteroatoms. The van der Waals surface area contributed by atoms with Gasteiger partial charge in [-0.25, -0.2) is 13.6 Å². The second-order valence-corrected chi connectivity index (χ2v) is 2.93. The highest BCUT2D eigenvalue weighted by atomic mass is 19.1. The SMILES string of the molecule is CC(=O)Nc1cc(C(=O)O)c(F)c(O)c1F. The van der Waals surface area contributed by atoms with E-state index < -0.39 is 40.5 Å². The van der Waals surface area contributed by atoms with E-state index in [0.717, 1.165) is 6.92 Å². The summed E-state index contributed by atoms with van der Waals surface area (Å²) in [6, 6.07) is 0.591. The van der Waals surface area contributed by atoms with Gasteiger partial charge in [-0.2, -0.15) is 0 Å². The molecule has 86 valence electrons. The average molecular weight is 231 g/mol. The van der Waals surface area contributed by atoms with Crippen molar-refractivity contribution in [2.45, 2.75) is 6.92 Å². The lowest BCUT2D eigenvalue weighted by Gasteiger charge is -2.08. The number of hydrogen-bond donors (Lipinski definition) is 3. The van der Waals surface area contributed by atoms with Gasteiger partial charge in [-0.3, -0.25) is 4.79 Å². The number of hydrogen-bond acceptors (Lipinski definition) is 3. The molecule has 0 heterocycles. The van der Waals surface area contributed by atoms with Gasteiger partial charge in [-0.15, -0.1) is 0 Å². The summed E-state index contributed by atoms with van der Waals surface area (Å²) in [5.41, 5.74) is -1.52. The van der Waals surface area contributed by atoms with E-state index in [0.29, 0.717) is 6.07 Å². The number of carboxylic acids is 1. The second kappa shape index (κ2) is 4.13. The van der Waals surface area contributed by atoms with Crippen LogP contribution in [0.1, 0.15) is 17.3 Å². The molecule has 3 N–H and O–H groups in total. The Hall–Kier alpha value is -2.18. The Morgan fingerprint density at radius 1 is 1.31 bits per heavy atom. The maximum Gasteiger partial charge on any atom is 0.338 e. The topological polar surface area (TPSA) is 86.6 Å². The minimum Gasteiger partial charge on any atom is -0.503 e. The number of rotatable bonds is 2. The first-order chi connectivity index (χ1) is 7.34. The van der Waals surface area contributed by atoms with Crippen LogP contribution in [-0.4, -0.2) is 22.1 Å². The van der Waals surface area contributed by atoms with Crippen LogP contribution >= 0.6 is 0 Å². The van der Waals surface area contributed by atoms with E-state index in [9.17, 15) is 18.4 Å². The molecule has 0 fully saturated rings. The van der Waals surface area contributed by atoms with Gasteiger partial charge < -0.3 is 15.5 Å². The molecule has 0 radical (unpaired) electrons. The van der Waals surface area contributed by atoms with Gasteiger partial charge in [0.05, 0.1) is 5.69 Å². The zero-order valence-electron chi connectivity index (χ0n) is 8.04. The Morgan fingerprint density at radius 2 is 1.88 bits per heavy atom. The molecule has 1 amide bonds. The van der Waals surface area contributed by atoms with E-state index in [1.165, 1.54) is 0 Å². The molecule has 5 nitrogen and oxygen atoms in total. The fraction of sp³-hybridized carbons (Fsp3) is 0.111. The molecular formula is C9H7F2NO4. The quantitative estimate of drug-likeness (QED) is 0.716. The molecule has 0 aliphatic carbocycles. The minimum absolute atomic E-state index is 0.591. The molecule has 0 bridgehead atoms. The van der Waals surface area contributed by atoms with Gasteiger partial charge in [0.1, 0.15) is 5.56 Å². The summed E-state index contributed by atoms with van der Waals surface area (Å²) in [4.78, 5) is 21.2. The predicted octanol–water partition coefficient (Wildman–Crippen LogP) is 1.33. The summed E-state index contributed by atoms with van der Waals surface area (Å²) in [5.74, 6) is -6.80. The largest absolute Gasteiger partial charge is 0.503 e. The number of anilines is 1. The number of halogens is 2. The third-order valence-electron chi connectivity index (χ3n) is 1.72. The molecular weight excluding hydrogens is 224 g/mol. The molecule has 0 saturated carbocycles. The number of carbonyl (C=O) groups is 2. The molecule has 0 atom stereocenters. The van der Waals surface area contributed by atoms with Crippen molar-refractivity contribution in [3.63, 3.8) is 0 Å². The molecule has 0 aromatic heterocycles. The molecule has 1 rings (SSSR count). The summed E-state index contributed by atoms with van der Waals surface area (Å²) in [6.07, 6.45) is 0. The van der Waals surface area contributed by atoms with Crippen molar-refractivity contribution in [1.29, 1.82) is 0 Å². The van der Waals surface area contributed by atoms with E-state index in [2.05, 4.69) is 0 Å². The van der Waals surface area contributed by atoms with Gasteiger partial charge in [0, 0.05) is 6.92 Å². The Morgan fingerprint density at radius 3 is 2.31 bits per heavy atom. The second-order valence-electron chi connectivity index (χ2n) is 2.93. The molecule has 16 heavy (non-hydrogen) atoms. The number of nitrogens with one attached hydrogen (secondary N) is 1. The Labute approximate surface area is 88.3 Å². The third kappa shape index (κ3) is 2.08. The maximum atomic E-state index is 13.2. The molecule has 1 aromatic rings. The van der Waals surface area contributed by atoms with E-state index >= 15 is 0 Å². The maximum absolute atomic E-state index is 13.2. The Balaban J connectivity index is 3.40. The smallest absolute Gasteiger partial charge is 0.338 e. The van der Waals surface area contributed by atoms with E-state index in [1.54, 1.807) is 0 Å². The molecule has 0 aliphatic rings. The van der Waals surface area contributed by atoms with Gasteiger partial charge in [0.2, 0.25) is 5.91 Å². The van der Waals surface area contributed by atoms with Crippen LogP contribution in [0.3, 0.4) is 0 Å². The fourth-order valence-electron chi connectivity index (χ4n) is 1.06. The fourth-order valence-corrected chi connectivity index (χ4v) is 1.06. The van der Waals surface area contributed by atoms with Gasteiger partial charge in [-0.1, -0.05) is 0 Å². The average Bonchev–Trinajstić information content (AvgIpc) is 2.18. The lowest BCUT2D eigenvalue weighted by molar-refractivity contribution is -0.114. The van der Waals surface area contributed by atoms with Crippen molar-refractivity contribution in [3.8, 4) is 5.75 Å².